The van der Waals surface area contributed by atoms with Gasteiger partial charge in [-0.3, -0.25) is 39.5 Å². The summed E-state index contributed by atoms with van der Waals surface area (Å²) in [5.74, 6) is -5.35. The smallest absolute Gasteiger partial charge is 0.342 e. The first-order valence-corrected chi connectivity index (χ1v) is 44.5. The number of piperazine rings is 4. The van der Waals surface area contributed by atoms with Crippen molar-refractivity contribution in [2.24, 2.45) is 0 Å². The zero-order valence-corrected chi connectivity index (χ0v) is 76.5. The monoisotopic (exact) mass is 1860 g/mol. The second-order valence-electron chi connectivity index (χ2n) is 34.5. The second-order valence-corrected chi connectivity index (χ2v) is 34.9. The van der Waals surface area contributed by atoms with Crippen molar-refractivity contribution >= 4 is 122 Å². The minimum absolute atomic E-state index is 0.00899. The summed E-state index contributed by atoms with van der Waals surface area (Å²) in [7, 11) is 10.8. The number of aromatic nitrogens is 4. The molecule has 4 aliphatic heterocycles. The third-order valence-electron chi connectivity index (χ3n) is 26.5. The van der Waals surface area contributed by atoms with Crippen molar-refractivity contribution in [2.75, 3.05) is 147 Å². The van der Waals surface area contributed by atoms with Crippen molar-refractivity contribution in [3.05, 3.63) is 283 Å². The Balaban J connectivity index is 0.000000125. The molecule has 28 nitrogen and oxygen atoms in total. The number of nitrogens with zero attached hydrogens (tertiary/aromatic N) is 12. The van der Waals surface area contributed by atoms with E-state index in [0.29, 0.717) is 138 Å². The molecule has 4 fully saturated rings. The molecule has 0 amide bonds. The highest BCUT2D eigenvalue weighted by Crippen LogP contribution is 2.54. The molecular weight excluding hydrogens is 1760 g/mol. The van der Waals surface area contributed by atoms with Crippen LogP contribution in [-0.2, 0) is 9.47 Å². The van der Waals surface area contributed by atoms with Gasteiger partial charge in [0.05, 0.1) is 54.2 Å². The van der Waals surface area contributed by atoms with Gasteiger partial charge < -0.3 is 77.4 Å². The number of carbonyl (C=O) groups excluding carboxylic acids is 2. The molecule has 16 aromatic rings. The van der Waals surface area contributed by atoms with Crippen molar-refractivity contribution in [3.8, 4) is 23.0 Å². The van der Waals surface area contributed by atoms with Crippen molar-refractivity contribution < 1.29 is 94.5 Å². The first-order chi connectivity index (χ1) is 65.0. The Morgan fingerprint density at radius 2 is 0.622 bits per heavy atom. The Morgan fingerprint density at radius 1 is 0.348 bits per heavy atom. The lowest BCUT2D eigenvalue weighted by molar-refractivity contribution is 0.0591. The number of halogens is 5. The minimum Gasteiger partial charge on any atom is -0.507 e. The molecule has 4 aliphatic rings. The number of methoxy groups -OCH3 is 2. The van der Waals surface area contributed by atoms with E-state index in [1.165, 1.54) is 62.8 Å². The number of ether oxygens (including phenoxy) is 2. The number of hydrogen-bond donors (Lipinski definition) is 6. The molecule has 4 saturated heterocycles. The standard InChI is InChI=1S/C26H25ClFN3O4.C26H26FN3O4.2C25H24FN3O4/c1-14-18(26(33)34-3)20-21(24(32)19-16(25(20)35-14)4-5-17(27)22(19)28)23(15-6-8-29-9-7-15)31-12-10-30(2)11-13-31;1-15-20(26(32)33-3)21-22(24(31)19-14-17(27)4-5-18(19)25(21)34-15)23(16-6-8-28-9-7-16)30-12-10-29(2)11-13-30;1-14-19(25(31)32)20-21(23(30)18-13-16(26)3-4-17(18)24(20)33-14)22(15-5-7-27-8-6-15)29-11-9-28(2)10-12-29;1-14-18(25(31)32)20-21(23(30)19-16(24(20)33-14)4-3-5-17(19)26)22(15-6-8-27-9-7-15)29-12-10-28(2)11-13-29/h4-9,23,32H,10-13H2,1-3H3;4-9,14,23,31H,10-13H2,1-3H3;3-8,13,22,30H,9-12H2,1-2H3,(H,31,32);3-9,22,30H,10-13H2,1-2H3,(H,31,32). The topological polar surface area (TPSA) is 338 Å². The molecule has 8 aromatic heterocycles. The predicted octanol–water partition coefficient (Wildman–Crippen LogP) is 17.5. The number of esters is 2. The van der Waals surface area contributed by atoms with Gasteiger partial charge in [-0.25, -0.2) is 36.7 Å². The SMILES string of the molecule is COC(=O)c1c(C)oc2c1c(C(c1ccncc1)N1CCN(C)CC1)c(O)c1c(F)c(Cl)ccc12.COC(=O)c1c(C)oc2c1c(C(c1ccncc1)N1CCN(C)CC1)c(O)c1cc(F)ccc12.Cc1oc2c(c1C(=O)O)c(C(c1ccncc1)N1CCN(C)CC1)c(O)c1c(F)cccc12.Cc1oc2c(c1C(=O)O)c(C(c1ccncc1)N1CCN(C)CC1)c(O)c1cc(F)ccc12. The summed E-state index contributed by atoms with van der Waals surface area (Å²) >= 11 is 6.12. The number of carboxylic acids is 2. The van der Waals surface area contributed by atoms with Gasteiger partial charge in [0.15, 0.2) is 5.82 Å². The summed E-state index contributed by atoms with van der Waals surface area (Å²) in [6, 6.07) is 28.7. The van der Waals surface area contributed by atoms with Crippen LogP contribution in [0.25, 0.3) is 87.0 Å². The summed E-state index contributed by atoms with van der Waals surface area (Å²) in [6.07, 6.45) is 13.4. The first-order valence-electron chi connectivity index (χ1n) is 44.1. The Labute approximate surface area is 776 Å². The molecule has 4 atom stereocenters. The number of phenols is 4. The van der Waals surface area contributed by atoms with Gasteiger partial charge in [-0.05, 0) is 181 Å². The maximum Gasteiger partial charge on any atom is 0.342 e. The molecule has 20 rings (SSSR count). The molecule has 0 saturated carbocycles. The fourth-order valence-corrected chi connectivity index (χ4v) is 19.9. The molecule has 12 heterocycles. The summed E-state index contributed by atoms with van der Waals surface area (Å²) in [4.78, 5) is 84.7. The van der Waals surface area contributed by atoms with Gasteiger partial charge in [0.25, 0.3) is 0 Å². The normalized spacial score (nSPS) is 16.3. The largest absolute Gasteiger partial charge is 0.507 e. The van der Waals surface area contributed by atoms with Gasteiger partial charge in [0, 0.05) is 230 Å². The highest BCUT2D eigenvalue weighted by Gasteiger charge is 2.42. The van der Waals surface area contributed by atoms with Crippen LogP contribution in [0.1, 0.15) is 133 Å². The Kier molecular flexibility index (Phi) is 26.7. The summed E-state index contributed by atoms with van der Waals surface area (Å²) in [5.41, 5.74) is 6.85. The molecule has 4 unspecified atom stereocenters. The Hall–Kier alpha value is -13.7. The summed E-state index contributed by atoms with van der Waals surface area (Å²) < 4.78 is 93.1. The molecule has 8 aromatic carbocycles. The molecule has 0 spiro atoms. The lowest BCUT2D eigenvalue weighted by Gasteiger charge is -2.39. The summed E-state index contributed by atoms with van der Waals surface area (Å²) in [5, 5.41) is 70.2. The quantitative estimate of drug-likeness (QED) is 0.0386. The van der Waals surface area contributed by atoms with Crippen LogP contribution in [0.4, 0.5) is 17.6 Å². The lowest BCUT2D eigenvalue weighted by Crippen LogP contribution is -2.46. The third-order valence-corrected chi connectivity index (χ3v) is 26.8. The molecule has 698 valence electrons. The zero-order chi connectivity index (χ0) is 95.4. The highest BCUT2D eigenvalue weighted by molar-refractivity contribution is 6.32. The Bertz CT molecular complexity index is 7240. The maximum absolute atomic E-state index is 15.4. The van der Waals surface area contributed by atoms with Crippen molar-refractivity contribution in [1.82, 2.24) is 59.1 Å². The van der Waals surface area contributed by atoms with E-state index >= 15 is 8.78 Å². The third kappa shape index (κ3) is 17.4. The van der Waals surface area contributed by atoms with Crippen LogP contribution in [0.3, 0.4) is 0 Å². The number of pyridine rings is 4. The van der Waals surface area contributed by atoms with E-state index in [-0.39, 0.29) is 83.5 Å². The molecule has 0 radical (unpaired) electrons. The number of rotatable bonds is 16. The molecule has 33 heteroatoms. The van der Waals surface area contributed by atoms with Crippen LogP contribution in [0.15, 0.2) is 183 Å². The number of likely N-dealkylation sites (N-methyl/N-ethyl adjacent to an activating group) is 4. The number of fused-ring (bicyclic) bond motifs is 12. The predicted molar refractivity (Wildman–Crippen MR) is 503 cm³/mol. The van der Waals surface area contributed by atoms with E-state index in [1.54, 1.807) is 95.5 Å². The number of benzene rings is 8. The lowest BCUT2D eigenvalue weighted by atomic mass is 9.88. The molecular formula is C102H99ClF4N12O16. The van der Waals surface area contributed by atoms with Crippen LogP contribution >= 0.6 is 11.6 Å². The van der Waals surface area contributed by atoms with Gasteiger partial charge >= 0.3 is 23.9 Å². The fraction of sp³-hybridized carbons (Fsp3) is 0.294. The number of hydrogen-bond acceptors (Lipinski definition) is 26. The van der Waals surface area contributed by atoms with E-state index in [1.807, 2.05) is 55.6 Å². The van der Waals surface area contributed by atoms with E-state index in [4.69, 9.17) is 38.7 Å². The van der Waals surface area contributed by atoms with E-state index in [9.17, 15) is 58.6 Å². The number of aryl methyl sites for hydroxylation is 4. The zero-order valence-electron chi connectivity index (χ0n) is 75.7. The minimum atomic E-state index is -1.16. The number of carbonyl (C=O) groups is 4. The number of aromatic hydroxyl groups is 4. The van der Waals surface area contributed by atoms with Crippen molar-refractivity contribution in [2.45, 2.75) is 51.9 Å². The van der Waals surface area contributed by atoms with Gasteiger partial charge in [-0.1, -0.05) is 23.7 Å². The average Bonchev–Trinajstić information content (AvgIpc) is 1.60. The maximum atomic E-state index is 15.4. The second kappa shape index (κ2) is 38.7. The van der Waals surface area contributed by atoms with Gasteiger partial charge in [-0.2, -0.15) is 0 Å². The van der Waals surface area contributed by atoms with Crippen LogP contribution in [-0.4, -0.2) is 261 Å². The van der Waals surface area contributed by atoms with Crippen molar-refractivity contribution in [1.29, 1.82) is 0 Å². The van der Waals surface area contributed by atoms with E-state index in [2.05, 4.69) is 80.3 Å². The highest BCUT2D eigenvalue weighted by atomic mass is 35.5. The first kappa shape index (κ1) is 93.2. The van der Waals surface area contributed by atoms with Crippen molar-refractivity contribution in [3.63, 3.8) is 0 Å². The van der Waals surface area contributed by atoms with Crippen LogP contribution in [0, 0.1) is 51.0 Å². The Morgan fingerprint density at radius 3 is 0.933 bits per heavy atom. The summed E-state index contributed by atoms with van der Waals surface area (Å²) in [6.45, 7) is 18.8. The van der Waals surface area contributed by atoms with Gasteiger partial charge in [-0.15, -0.1) is 0 Å². The molecule has 135 heavy (non-hydrogen) atoms. The van der Waals surface area contributed by atoms with Gasteiger partial charge in [0.1, 0.15) is 108 Å². The average molecular weight is 1860 g/mol. The molecule has 0 bridgehead atoms. The number of carboxylic acid groups (broad SMARTS) is 2. The van der Waals surface area contributed by atoms with Gasteiger partial charge in [0.2, 0.25) is 0 Å². The van der Waals surface area contributed by atoms with Crippen LogP contribution < -0.4 is 0 Å². The van der Waals surface area contributed by atoms with Crippen LogP contribution in [0.5, 0.6) is 23.0 Å². The van der Waals surface area contributed by atoms with Crippen LogP contribution in [0.2, 0.25) is 5.02 Å². The molecule has 0 aliphatic carbocycles. The number of aromatic carboxylic acids is 2. The number of phenolic OH excluding ortho intramolecular Hbond substituents is 4. The fourth-order valence-electron chi connectivity index (χ4n) is 19.8. The number of furan rings is 4. The molecule has 6 N–H and O–H groups in total. The van der Waals surface area contributed by atoms with E-state index in [0.717, 1.165) is 87.7 Å². The van der Waals surface area contributed by atoms with E-state index < -0.39 is 71.3 Å².